The van der Waals surface area contributed by atoms with E-state index >= 15 is 0 Å². The molecule has 0 aromatic heterocycles. The number of carbonyl (C=O) groups is 2. The number of ether oxygens (including phenoxy) is 1. The molecule has 5 fully saturated rings. The highest BCUT2D eigenvalue weighted by Gasteiger charge is 2.63. The van der Waals surface area contributed by atoms with Gasteiger partial charge in [0.25, 0.3) is 0 Å². The first-order valence-electron chi connectivity index (χ1n) is 15.0. The summed E-state index contributed by atoms with van der Waals surface area (Å²) in [5, 5.41) is 13.8. The Hall–Kier alpha value is -1.14. The van der Waals surface area contributed by atoms with Crippen molar-refractivity contribution < 1.29 is 19.4 Å². The number of piperazine rings is 1. The Morgan fingerprint density at radius 1 is 1.03 bits per heavy atom. The Bertz CT molecular complexity index is 828. The third kappa shape index (κ3) is 4.63. The van der Waals surface area contributed by atoms with Crippen LogP contribution in [0, 0.1) is 46.3 Å². The fourth-order valence-electron chi connectivity index (χ4n) is 10.1. The van der Waals surface area contributed by atoms with Gasteiger partial charge in [0.2, 0.25) is 5.91 Å². The molecule has 10 unspecified atom stereocenters. The van der Waals surface area contributed by atoms with Crippen LogP contribution in [0.2, 0.25) is 0 Å². The highest BCUT2D eigenvalue weighted by Crippen LogP contribution is 2.68. The Morgan fingerprint density at radius 2 is 1.72 bits per heavy atom. The first kappa shape index (κ1) is 26.5. The number of fused-ring (bicyclic) bond motifs is 5. The summed E-state index contributed by atoms with van der Waals surface area (Å²) in [6.45, 7) is 12.5. The van der Waals surface area contributed by atoms with Crippen molar-refractivity contribution in [1.82, 2.24) is 10.2 Å². The van der Waals surface area contributed by atoms with E-state index in [1.54, 1.807) is 6.92 Å². The largest absolute Gasteiger partial charge is 0.462 e. The molecule has 5 rings (SSSR count). The van der Waals surface area contributed by atoms with Crippen LogP contribution >= 0.6 is 0 Å². The third-order valence-electron chi connectivity index (χ3n) is 12.0. The summed E-state index contributed by atoms with van der Waals surface area (Å²) >= 11 is 0. The summed E-state index contributed by atoms with van der Waals surface area (Å²) in [6.07, 6.45) is 10.1. The molecule has 1 saturated heterocycles. The van der Waals surface area contributed by atoms with Gasteiger partial charge < -0.3 is 20.1 Å². The monoisotopic (exact) mass is 502 g/mol. The van der Waals surface area contributed by atoms with Crippen molar-refractivity contribution in [2.45, 2.75) is 104 Å². The summed E-state index contributed by atoms with van der Waals surface area (Å²) in [4.78, 5) is 27.1. The van der Waals surface area contributed by atoms with Crippen molar-refractivity contribution in [3.05, 3.63) is 0 Å². The van der Waals surface area contributed by atoms with Gasteiger partial charge in [0, 0.05) is 45.4 Å². The number of nitrogens with zero attached hydrogens (tertiary/aromatic N) is 1. The molecule has 2 N–H and O–H groups in total. The fourth-order valence-corrected chi connectivity index (χ4v) is 10.1. The van der Waals surface area contributed by atoms with Crippen molar-refractivity contribution in [2.24, 2.45) is 46.3 Å². The molecule has 4 saturated carbocycles. The lowest BCUT2D eigenvalue weighted by Crippen LogP contribution is -2.59. The average Bonchev–Trinajstić information content (AvgIpc) is 3.20. The van der Waals surface area contributed by atoms with Gasteiger partial charge in [0.05, 0.1) is 6.10 Å². The zero-order chi connectivity index (χ0) is 25.7. The quantitative estimate of drug-likeness (QED) is 0.545. The van der Waals surface area contributed by atoms with Crippen LogP contribution in [0.4, 0.5) is 0 Å². The van der Waals surface area contributed by atoms with E-state index in [4.69, 9.17) is 4.74 Å². The number of rotatable bonds is 5. The maximum absolute atomic E-state index is 12.8. The number of aliphatic hydroxyl groups is 1. The molecular weight excluding hydrogens is 452 g/mol. The molecule has 10 atom stereocenters. The average molecular weight is 503 g/mol. The molecule has 0 spiro atoms. The van der Waals surface area contributed by atoms with Gasteiger partial charge in [0.1, 0.15) is 6.10 Å². The second-order valence-electron chi connectivity index (χ2n) is 13.7. The molecule has 4 aliphatic carbocycles. The highest BCUT2D eigenvalue weighted by atomic mass is 16.5. The number of esters is 1. The van der Waals surface area contributed by atoms with Crippen molar-refractivity contribution in [3.8, 4) is 0 Å². The van der Waals surface area contributed by atoms with Gasteiger partial charge >= 0.3 is 5.97 Å². The number of nitrogens with one attached hydrogen (secondary N) is 1. The second kappa shape index (κ2) is 10.2. The lowest BCUT2D eigenvalue weighted by molar-refractivity contribution is -0.194. The molecule has 0 aromatic rings. The third-order valence-corrected chi connectivity index (χ3v) is 12.0. The molecule has 0 bridgehead atoms. The number of hydrogen-bond acceptors (Lipinski definition) is 5. The summed E-state index contributed by atoms with van der Waals surface area (Å²) in [5.74, 6) is 3.39. The molecule has 1 aliphatic heterocycles. The van der Waals surface area contributed by atoms with Crippen LogP contribution in [0.25, 0.3) is 0 Å². The number of hydrogen-bond donors (Lipinski definition) is 2. The minimum Gasteiger partial charge on any atom is -0.462 e. The molecule has 204 valence electrons. The van der Waals surface area contributed by atoms with Crippen LogP contribution in [-0.2, 0) is 14.3 Å². The van der Waals surface area contributed by atoms with Crippen LogP contribution in [0.3, 0.4) is 0 Å². The zero-order valence-corrected chi connectivity index (χ0v) is 23.1. The molecule has 6 nitrogen and oxygen atoms in total. The van der Waals surface area contributed by atoms with Crippen molar-refractivity contribution in [1.29, 1.82) is 0 Å². The normalized spacial score (nSPS) is 45.2. The summed E-state index contributed by atoms with van der Waals surface area (Å²) < 4.78 is 6.11. The van der Waals surface area contributed by atoms with E-state index in [9.17, 15) is 14.7 Å². The predicted molar refractivity (Wildman–Crippen MR) is 140 cm³/mol. The molecule has 36 heavy (non-hydrogen) atoms. The molecule has 5 aliphatic rings. The summed E-state index contributed by atoms with van der Waals surface area (Å²) in [6, 6.07) is 0. The van der Waals surface area contributed by atoms with Crippen LogP contribution < -0.4 is 5.32 Å². The van der Waals surface area contributed by atoms with E-state index in [2.05, 4.69) is 26.1 Å². The highest BCUT2D eigenvalue weighted by molar-refractivity contribution is 5.76. The van der Waals surface area contributed by atoms with Gasteiger partial charge in [0.15, 0.2) is 0 Å². The first-order valence-corrected chi connectivity index (χ1v) is 15.0. The van der Waals surface area contributed by atoms with Crippen molar-refractivity contribution in [3.63, 3.8) is 0 Å². The zero-order valence-electron chi connectivity index (χ0n) is 23.1. The molecular formula is C30H50N2O4. The van der Waals surface area contributed by atoms with Crippen LogP contribution in [0.1, 0.15) is 91.9 Å². The van der Waals surface area contributed by atoms with Gasteiger partial charge in [-0.3, -0.25) is 9.59 Å². The standard InChI is InChI=1S/C30H50N2O4/c1-19(5-8-27(35)32-15-13-31-14-16-32)23-6-7-24-28-25(10-12-30(23,24)4)29(3)11-9-22(34)17-21(29)18-26(28)36-20(2)33/h19,21-26,28,31,34H,5-18H2,1-4H3. The SMILES string of the molecule is CC(=O)OC1CC2CC(O)CCC2(C)C2CCC3(C)C(C(C)CCC(=O)N4CCNCC4)CCC3C12. The summed E-state index contributed by atoms with van der Waals surface area (Å²) in [7, 11) is 0. The van der Waals surface area contributed by atoms with E-state index in [0.717, 1.165) is 58.3 Å². The number of amides is 1. The van der Waals surface area contributed by atoms with Gasteiger partial charge in [-0.2, -0.15) is 0 Å². The maximum atomic E-state index is 12.8. The van der Waals surface area contributed by atoms with E-state index < -0.39 is 0 Å². The Morgan fingerprint density at radius 3 is 2.44 bits per heavy atom. The van der Waals surface area contributed by atoms with Crippen LogP contribution in [0.15, 0.2) is 0 Å². The first-order chi connectivity index (χ1) is 17.1. The van der Waals surface area contributed by atoms with Gasteiger partial charge in [-0.15, -0.1) is 0 Å². The predicted octanol–water partition coefficient (Wildman–Crippen LogP) is 4.40. The molecule has 6 heteroatoms. The van der Waals surface area contributed by atoms with Crippen molar-refractivity contribution in [2.75, 3.05) is 26.2 Å². The van der Waals surface area contributed by atoms with E-state index in [0.29, 0.717) is 47.8 Å². The second-order valence-corrected chi connectivity index (χ2v) is 13.7. The van der Waals surface area contributed by atoms with Crippen LogP contribution in [-0.4, -0.2) is 60.3 Å². The van der Waals surface area contributed by atoms with Crippen LogP contribution in [0.5, 0.6) is 0 Å². The Balaban J connectivity index is 1.31. The van der Waals surface area contributed by atoms with Crippen molar-refractivity contribution >= 4 is 11.9 Å². The van der Waals surface area contributed by atoms with E-state index in [1.807, 2.05) is 4.90 Å². The van der Waals surface area contributed by atoms with E-state index in [-0.39, 0.29) is 29.0 Å². The van der Waals surface area contributed by atoms with Gasteiger partial charge in [-0.1, -0.05) is 20.8 Å². The molecule has 0 aromatic carbocycles. The summed E-state index contributed by atoms with van der Waals surface area (Å²) in [5.41, 5.74) is 0.510. The Kier molecular flexibility index (Phi) is 7.50. The lowest BCUT2D eigenvalue weighted by Gasteiger charge is -2.62. The number of aliphatic hydroxyl groups excluding tert-OH is 1. The minimum absolute atomic E-state index is 0.0103. The van der Waals surface area contributed by atoms with Gasteiger partial charge in [-0.25, -0.2) is 0 Å². The molecule has 0 radical (unpaired) electrons. The lowest BCUT2D eigenvalue weighted by atomic mass is 9.43. The van der Waals surface area contributed by atoms with E-state index in [1.165, 1.54) is 25.7 Å². The fraction of sp³-hybridized carbons (Fsp3) is 0.933. The maximum Gasteiger partial charge on any atom is 0.302 e. The topological polar surface area (TPSA) is 78.9 Å². The minimum atomic E-state index is -0.202. The molecule has 1 amide bonds. The van der Waals surface area contributed by atoms with Gasteiger partial charge in [-0.05, 0) is 98.2 Å². The Labute approximate surface area is 218 Å². The number of carbonyl (C=O) groups excluding carboxylic acids is 2. The smallest absolute Gasteiger partial charge is 0.302 e. The molecule has 1 heterocycles.